The van der Waals surface area contributed by atoms with Gasteiger partial charge in [0.15, 0.2) is 0 Å². The van der Waals surface area contributed by atoms with E-state index in [1.807, 2.05) is 36.4 Å². The van der Waals surface area contributed by atoms with Gasteiger partial charge in [-0.3, -0.25) is 0 Å². The van der Waals surface area contributed by atoms with Gasteiger partial charge in [-0.25, -0.2) is 4.98 Å². The van der Waals surface area contributed by atoms with Crippen LogP contribution in [-0.4, -0.2) is 17.2 Å². The van der Waals surface area contributed by atoms with E-state index >= 15 is 0 Å². The van der Waals surface area contributed by atoms with Gasteiger partial charge < -0.3 is 15.6 Å². The van der Waals surface area contributed by atoms with Gasteiger partial charge in [-0.1, -0.05) is 24.3 Å². The lowest BCUT2D eigenvalue weighted by molar-refractivity contribution is 0.221. The highest BCUT2D eigenvalue weighted by Gasteiger charge is 2.14. The average Bonchev–Trinajstić information content (AvgIpc) is 2.53. The minimum Gasteiger partial charge on any atom is -0.497 e. The molecule has 1 aromatic heterocycles. The highest BCUT2D eigenvalue weighted by atomic mass is 16.5. The van der Waals surface area contributed by atoms with E-state index in [2.05, 4.69) is 4.98 Å². The Hall–Kier alpha value is -2.59. The fourth-order valence-electron chi connectivity index (χ4n) is 2.38. The predicted molar refractivity (Wildman–Crippen MR) is 83.2 cm³/mol. The number of benzene rings is 2. The van der Waals surface area contributed by atoms with Crippen molar-refractivity contribution in [2.24, 2.45) is 0 Å². The molecule has 2 aromatic carbocycles. The normalized spacial score (nSPS) is 12.3. The Morgan fingerprint density at radius 1 is 1.10 bits per heavy atom. The van der Waals surface area contributed by atoms with E-state index in [0.29, 0.717) is 11.4 Å². The topological polar surface area (TPSA) is 68.4 Å². The number of aromatic nitrogens is 1. The highest BCUT2D eigenvalue weighted by Crippen LogP contribution is 2.29. The first-order chi connectivity index (χ1) is 10.2. The molecule has 4 heteroatoms. The van der Waals surface area contributed by atoms with E-state index in [-0.39, 0.29) is 0 Å². The summed E-state index contributed by atoms with van der Waals surface area (Å²) in [6.07, 6.45) is 0.822. The van der Waals surface area contributed by atoms with Gasteiger partial charge in [0.2, 0.25) is 0 Å². The second-order valence-corrected chi connectivity index (χ2v) is 4.85. The number of nitrogens with zero attached hydrogens (tertiary/aromatic N) is 1. The van der Waals surface area contributed by atoms with Crippen LogP contribution in [0.15, 0.2) is 54.7 Å². The molecule has 4 nitrogen and oxygen atoms in total. The van der Waals surface area contributed by atoms with Crippen molar-refractivity contribution in [3.05, 3.63) is 65.9 Å². The number of methoxy groups -OCH3 is 1. The number of rotatable bonds is 3. The smallest absolute Gasteiger partial charge is 0.129 e. The molecule has 0 fully saturated rings. The van der Waals surface area contributed by atoms with Gasteiger partial charge in [-0.2, -0.15) is 0 Å². The molecule has 0 spiro atoms. The second-order valence-electron chi connectivity index (χ2n) is 4.85. The molecule has 0 radical (unpaired) electrons. The van der Waals surface area contributed by atoms with Gasteiger partial charge in [0, 0.05) is 11.8 Å². The van der Waals surface area contributed by atoms with E-state index in [1.165, 1.54) is 0 Å². The summed E-state index contributed by atoms with van der Waals surface area (Å²) in [5.41, 5.74) is 7.22. The Kier molecular flexibility index (Phi) is 3.46. The minimum atomic E-state index is -0.787. The van der Waals surface area contributed by atoms with Gasteiger partial charge in [-0.05, 0) is 40.6 Å². The highest BCUT2D eigenvalue weighted by molar-refractivity contribution is 5.84. The van der Waals surface area contributed by atoms with Gasteiger partial charge in [0.05, 0.1) is 7.11 Å². The fraction of sp³-hybridized carbons (Fsp3) is 0.118. The third kappa shape index (κ3) is 2.53. The average molecular weight is 280 g/mol. The van der Waals surface area contributed by atoms with Crippen LogP contribution in [0.4, 0.5) is 5.82 Å². The Bertz CT molecular complexity index is 787. The number of fused-ring (bicyclic) bond motifs is 1. The lowest BCUT2D eigenvalue weighted by Crippen LogP contribution is -2.05. The lowest BCUT2D eigenvalue weighted by Gasteiger charge is -2.14. The van der Waals surface area contributed by atoms with Crippen molar-refractivity contribution in [3.63, 3.8) is 0 Å². The summed E-state index contributed by atoms with van der Waals surface area (Å²) >= 11 is 0. The van der Waals surface area contributed by atoms with E-state index in [1.54, 1.807) is 25.4 Å². The first-order valence-corrected chi connectivity index (χ1v) is 6.65. The van der Waals surface area contributed by atoms with Crippen LogP contribution in [0.1, 0.15) is 17.2 Å². The summed E-state index contributed by atoms with van der Waals surface area (Å²) < 4.78 is 5.21. The Labute approximate surface area is 122 Å². The molecule has 0 amide bonds. The number of aliphatic hydroxyl groups excluding tert-OH is 1. The number of anilines is 1. The molecule has 3 rings (SSSR count). The van der Waals surface area contributed by atoms with E-state index in [9.17, 15) is 5.11 Å². The molecule has 0 aliphatic carbocycles. The van der Waals surface area contributed by atoms with Crippen LogP contribution in [0.5, 0.6) is 5.75 Å². The number of nitrogen functional groups attached to an aromatic ring is 1. The molecule has 0 aliphatic heterocycles. The standard InChI is InChI=1S/C17H16N2O2/c1-21-14-7-6-11-9-13(5-4-12(11)10-14)16(20)15-3-2-8-19-17(15)18/h2-10,16,20H,1H3,(H2,18,19). The second kappa shape index (κ2) is 5.42. The van der Waals surface area contributed by atoms with Crippen LogP contribution in [0, 0.1) is 0 Å². The Balaban J connectivity index is 2.03. The van der Waals surface area contributed by atoms with Crippen molar-refractivity contribution in [1.82, 2.24) is 4.98 Å². The predicted octanol–water partition coefficient (Wildman–Crippen LogP) is 2.91. The van der Waals surface area contributed by atoms with E-state index < -0.39 is 6.10 Å². The molecule has 0 saturated carbocycles. The molecule has 1 atom stereocenters. The summed E-state index contributed by atoms with van der Waals surface area (Å²) in [6, 6.07) is 15.2. The molecule has 3 N–H and O–H groups in total. The van der Waals surface area contributed by atoms with Crippen molar-refractivity contribution in [3.8, 4) is 5.75 Å². The van der Waals surface area contributed by atoms with Crippen LogP contribution < -0.4 is 10.5 Å². The number of hydrogen-bond acceptors (Lipinski definition) is 4. The Morgan fingerprint density at radius 2 is 1.86 bits per heavy atom. The SMILES string of the molecule is COc1ccc2cc(C(O)c3cccnc3N)ccc2c1. The van der Waals surface area contributed by atoms with Gasteiger partial charge in [-0.15, -0.1) is 0 Å². The van der Waals surface area contributed by atoms with Crippen LogP contribution in [0.25, 0.3) is 10.8 Å². The number of nitrogens with two attached hydrogens (primary N) is 1. The van der Waals surface area contributed by atoms with Crippen molar-refractivity contribution < 1.29 is 9.84 Å². The molecule has 21 heavy (non-hydrogen) atoms. The van der Waals surface area contributed by atoms with Crippen LogP contribution >= 0.6 is 0 Å². The summed E-state index contributed by atoms with van der Waals surface area (Å²) in [6.45, 7) is 0. The maximum atomic E-state index is 10.5. The molecule has 3 aromatic rings. The van der Waals surface area contributed by atoms with Gasteiger partial charge in [0.1, 0.15) is 17.7 Å². The van der Waals surface area contributed by atoms with E-state index in [4.69, 9.17) is 10.5 Å². The van der Waals surface area contributed by atoms with Crippen molar-refractivity contribution >= 4 is 16.6 Å². The molecule has 0 aliphatic rings. The third-order valence-corrected chi connectivity index (χ3v) is 3.55. The first kappa shape index (κ1) is 13.4. The molecular weight excluding hydrogens is 264 g/mol. The number of pyridine rings is 1. The van der Waals surface area contributed by atoms with Gasteiger partial charge >= 0.3 is 0 Å². The third-order valence-electron chi connectivity index (χ3n) is 3.55. The number of hydrogen-bond donors (Lipinski definition) is 2. The number of aliphatic hydroxyl groups is 1. The molecule has 1 unspecified atom stereocenters. The van der Waals surface area contributed by atoms with E-state index in [0.717, 1.165) is 22.1 Å². The zero-order valence-corrected chi connectivity index (χ0v) is 11.7. The molecule has 1 heterocycles. The molecular formula is C17H16N2O2. The quantitative estimate of drug-likeness (QED) is 0.774. The zero-order chi connectivity index (χ0) is 14.8. The van der Waals surface area contributed by atoms with Crippen molar-refractivity contribution in [2.75, 3.05) is 12.8 Å². The number of ether oxygens (including phenoxy) is 1. The fourth-order valence-corrected chi connectivity index (χ4v) is 2.38. The Morgan fingerprint density at radius 3 is 2.62 bits per heavy atom. The monoisotopic (exact) mass is 280 g/mol. The van der Waals surface area contributed by atoms with Crippen LogP contribution in [0.2, 0.25) is 0 Å². The summed E-state index contributed by atoms with van der Waals surface area (Å²) in [7, 11) is 1.64. The largest absolute Gasteiger partial charge is 0.497 e. The summed E-state index contributed by atoms with van der Waals surface area (Å²) in [5.74, 6) is 1.16. The first-order valence-electron chi connectivity index (χ1n) is 6.65. The van der Waals surface area contributed by atoms with Crippen LogP contribution in [-0.2, 0) is 0 Å². The lowest BCUT2D eigenvalue weighted by atomic mass is 9.99. The summed E-state index contributed by atoms with van der Waals surface area (Å²) in [5, 5.41) is 12.6. The molecule has 0 saturated heterocycles. The molecule has 106 valence electrons. The maximum Gasteiger partial charge on any atom is 0.129 e. The van der Waals surface area contributed by atoms with Crippen molar-refractivity contribution in [1.29, 1.82) is 0 Å². The zero-order valence-electron chi connectivity index (χ0n) is 11.7. The minimum absolute atomic E-state index is 0.347. The van der Waals surface area contributed by atoms with Crippen molar-refractivity contribution in [2.45, 2.75) is 6.10 Å². The molecule has 0 bridgehead atoms. The van der Waals surface area contributed by atoms with Crippen LogP contribution in [0.3, 0.4) is 0 Å². The maximum absolute atomic E-state index is 10.5. The van der Waals surface area contributed by atoms with Gasteiger partial charge in [0.25, 0.3) is 0 Å². The summed E-state index contributed by atoms with van der Waals surface area (Å²) in [4.78, 5) is 4.01.